The highest BCUT2D eigenvalue weighted by atomic mass is 79.9. The van der Waals surface area contributed by atoms with E-state index in [0.717, 1.165) is 23.3 Å². The third-order valence-corrected chi connectivity index (χ3v) is 6.98. The van der Waals surface area contributed by atoms with Crippen LogP contribution in [0.5, 0.6) is 0 Å². The molecule has 3 rings (SSSR count). The van der Waals surface area contributed by atoms with Crippen LogP contribution in [-0.2, 0) is 4.74 Å². The van der Waals surface area contributed by atoms with Crippen molar-refractivity contribution in [3.05, 3.63) is 28.7 Å². The van der Waals surface area contributed by atoms with E-state index >= 15 is 0 Å². The molecule has 2 atom stereocenters. The summed E-state index contributed by atoms with van der Waals surface area (Å²) in [6, 6.07) is 8.72. The fourth-order valence-corrected chi connectivity index (χ4v) is 5.13. The number of hydrogen-bond donors (Lipinski definition) is 2. The molecule has 3 nitrogen and oxygen atoms in total. The second-order valence-electron chi connectivity index (χ2n) is 6.15. The summed E-state index contributed by atoms with van der Waals surface area (Å²) in [5.74, 6) is 7.46. The molecule has 1 aromatic rings. The molecular weight excluding hydrogens is 348 g/mol. The van der Waals surface area contributed by atoms with E-state index in [1.165, 1.54) is 30.6 Å². The predicted octanol–water partition coefficient (Wildman–Crippen LogP) is 3.72. The molecule has 1 saturated heterocycles. The largest absolute Gasteiger partial charge is 0.375 e. The summed E-state index contributed by atoms with van der Waals surface area (Å²) in [5, 5.41) is 0. The Labute approximate surface area is 139 Å². The fourth-order valence-electron chi connectivity index (χ4n) is 3.39. The second-order valence-corrected chi connectivity index (χ2v) is 8.07. The van der Waals surface area contributed by atoms with Gasteiger partial charge in [-0.1, -0.05) is 12.1 Å². The number of halogens is 1. The van der Waals surface area contributed by atoms with E-state index in [9.17, 15) is 0 Å². The summed E-state index contributed by atoms with van der Waals surface area (Å²) in [4.78, 5) is 1.28. The van der Waals surface area contributed by atoms with Gasteiger partial charge in [0.25, 0.3) is 0 Å². The minimum Gasteiger partial charge on any atom is -0.375 e. The molecule has 0 bridgehead atoms. The monoisotopic (exact) mass is 370 g/mol. The van der Waals surface area contributed by atoms with E-state index in [1.807, 2.05) is 17.8 Å². The van der Waals surface area contributed by atoms with Gasteiger partial charge in [0.05, 0.1) is 5.60 Å². The maximum absolute atomic E-state index is 6.03. The zero-order chi connectivity index (χ0) is 14.7. The first-order valence-corrected chi connectivity index (χ1v) is 9.48. The van der Waals surface area contributed by atoms with Crippen molar-refractivity contribution in [2.45, 2.75) is 48.6 Å². The van der Waals surface area contributed by atoms with Crippen LogP contribution in [0.3, 0.4) is 0 Å². The standard InChI is InChI=1S/C16H23BrN2OS/c17-13-4-1-2-5-15(13)21-11-14(19-18)12-6-9-20-16(10-12)7-3-8-16/h1-2,4-5,12,14,19H,3,6-11,18H2. The molecule has 21 heavy (non-hydrogen) atoms. The summed E-state index contributed by atoms with van der Waals surface area (Å²) in [6.45, 7) is 0.891. The zero-order valence-corrected chi connectivity index (χ0v) is 14.6. The number of nitrogens with two attached hydrogens (primary N) is 1. The Bertz CT molecular complexity index is 481. The second kappa shape index (κ2) is 7.01. The zero-order valence-electron chi connectivity index (χ0n) is 12.2. The molecule has 2 aliphatic rings. The van der Waals surface area contributed by atoms with E-state index in [1.54, 1.807) is 0 Å². The molecule has 1 aliphatic carbocycles. The van der Waals surface area contributed by atoms with Crippen molar-refractivity contribution in [1.29, 1.82) is 0 Å². The lowest BCUT2D eigenvalue weighted by atomic mass is 9.70. The maximum Gasteiger partial charge on any atom is 0.0685 e. The number of nitrogens with one attached hydrogen (secondary N) is 1. The first kappa shape index (κ1) is 15.8. The molecule has 5 heteroatoms. The van der Waals surface area contributed by atoms with Crippen molar-refractivity contribution >= 4 is 27.7 Å². The first-order valence-electron chi connectivity index (χ1n) is 7.70. The normalized spacial score (nSPS) is 25.5. The van der Waals surface area contributed by atoms with Gasteiger partial charge in [0.15, 0.2) is 0 Å². The molecule has 1 saturated carbocycles. The molecule has 0 radical (unpaired) electrons. The highest BCUT2D eigenvalue weighted by Crippen LogP contribution is 2.45. The molecule has 2 unspecified atom stereocenters. The van der Waals surface area contributed by atoms with Crippen LogP contribution in [-0.4, -0.2) is 24.0 Å². The number of benzene rings is 1. The van der Waals surface area contributed by atoms with Gasteiger partial charge in [0, 0.05) is 27.8 Å². The van der Waals surface area contributed by atoms with Gasteiger partial charge in [-0.3, -0.25) is 11.3 Å². The third-order valence-electron chi connectivity index (χ3n) is 4.83. The van der Waals surface area contributed by atoms with E-state index in [4.69, 9.17) is 10.6 Å². The number of thioether (sulfide) groups is 1. The van der Waals surface area contributed by atoms with Crippen LogP contribution in [0.2, 0.25) is 0 Å². The van der Waals surface area contributed by atoms with Crippen molar-refractivity contribution < 1.29 is 4.74 Å². The number of hydrogen-bond acceptors (Lipinski definition) is 4. The number of hydrazine groups is 1. The smallest absolute Gasteiger partial charge is 0.0685 e. The minimum atomic E-state index is 0.190. The van der Waals surface area contributed by atoms with Gasteiger partial charge in [-0.25, -0.2) is 0 Å². The Kier molecular flexibility index (Phi) is 5.27. The average molecular weight is 371 g/mol. The van der Waals surface area contributed by atoms with Gasteiger partial charge >= 0.3 is 0 Å². The van der Waals surface area contributed by atoms with Gasteiger partial charge in [0.2, 0.25) is 0 Å². The van der Waals surface area contributed by atoms with Crippen LogP contribution < -0.4 is 11.3 Å². The Morgan fingerprint density at radius 2 is 2.24 bits per heavy atom. The highest BCUT2D eigenvalue weighted by molar-refractivity contribution is 9.10. The Hall–Kier alpha value is -0.0700. The van der Waals surface area contributed by atoms with Crippen molar-refractivity contribution in [2.75, 3.05) is 12.4 Å². The van der Waals surface area contributed by atoms with Crippen LogP contribution in [0.15, 0.2) is 33.6 Å². The van der Waals surface area contributed by atoms with Crippen molar-refractivity contribution in [2.24, 2.45) is 11.8 Å². The van der Waals surface area contributed by atoms with Crippen molar-refractivity contribution in [3.8, 4) is 0 Å². The molecule has 116 valence electrons. The van der Waals surface area contributed by atoms with Crippen LogP contribution >= 0.6 is 27.7 Å². The summed E-state index contributed by atoms with van der Waals surface area (Å²) < 4.78 is 7.19. The highest BCUT2D eigenvalue weighted by Gasteiger charge is 2.44. The third kappa shape index (κ3) is 3.64. The van der Waals surface area contributed by atoms with Crippen LogP contribution in [0, 0.1) is 5.92 Å². The van der Waals surface area contributed by atoms with Crippen LogP contribution in [0.1, 0.15) is 32.1 Å². The maximum atomic E-state index is 6.03. The van der Waals surface area contributed by atoms with Gasteiger partial charge in [-0.15, -0.1) is 11.8 Å². The molecule has 2 fully saturated rings. The number of rotatable bonds is 5. The molecule has 1 aromatic carbocycles. The quantitative estimate of drug-likeness (QED) is 0.471. The number of ether oxygens (including phenoxy) is 1. The molecular formula is C16H23BrN2OS. The molecule has 1 heterocycles. The van der Waals surface area contributed by atoms with Gasteiger partial charge in [-0.05, 0) is 66.1 Å². The van der Waals surface area contributed by atoms with E-state index < -0.39 is 0 Å². The topological polar surface area (TPSA) is 47.3 Å². The molecule has 1 aliphatic heterocycles. The van der Waals surface area contributed by atoms with E-state index in [2.05, 4.69) is 39.6 Å². The lowest BCUT2D eigenvalue weighted by Gasteiger charge is -2.48. The fraction of sp³-hybridized carbons (Fsp3) is 0.625. The average Bonchev–Trinajstić information content (AvgIpc) is 2.48. The van der Waals surface area contributed by atoms with Crippen molar-refractivity contribution in [1.82, 2.24) is 5.43 Å². The van der Waals surface area contributed by atoms with Gasteiger partial charge in [0.1, 0.15) is 0 Å². The van der Waals surface area contributed by atoms with Gasteiger partial charge < -0.3 is 4.74 Å². The SMILES string of the molecule is NNC(CSc1ccccc1Br)C1CCOC2(CCC2)C1. The van der Waals surface area contributed by atoms with Gasteiger partial charge in [-0.2, -0.15) is 0 Å². The Morgan fingerprint density at radius 3 is 2.90 bits per heavy atom. The molecule has 0 aromatic heterocycles. The minimum absolute atomic E-state index is 0.190. The van der Waals surface area contributed by atoms with Crippen LogP contribution in [0.4, 0.5) is 0 Å². The summed E-state index contributed by atoms with van der Waals surface area (Å²) in [6.07, 6.45) is 6.07. The van der Waals surface area contributed by atoms with Crippen LogP contribution in [0.25, 0.3) is 0 Å². The first-order chi connectivity index (χ1) is 10.2. The molecule has 3 N–H and O–H groups in total. The summed E-state index contributed by atoms with van der Waals surface area (Å²) in [5.41, 5.74) is 3.25. The Balaban J connectivity index is 1.58. The Morgan fingerprint density at radius 1 is 1.43 bits per heavy atom. The lowest BCUT2D eigenvalue weighted by molar-refractivity contribution is -0.146. The lowest BCUT2D eigenvalue weighted by Crippen LogP contribution is -2.52. The molecule has 0 amide bonds. The summed E-state index contributed by atoms with van der Waals surface area (Å²) >= 11 is 5.48. The van der Waals surface area contributed by atoms with E-state index in [0.29, 0.717) is 12.0 Å². The van der Waals surface area contributed by atoms with E-state index in [-0.39, 0.29) is 5.60 Å². The van der Waals surface area contributed by atoms with Crippen molar-refractivity contribution in [3.63, 3.8) is 0 Å². The predicted molar refractivity (Wildman–Crippen MR) is 91.2 cm³/mol. The molecule has 1 spiro atoms. The summed E-state index contributed by atoms with van der Waals surface area (Å²) in [7, 11) is 0.